The monoisotopic (exact) mass is 296 g/mol. The molecule has 0 atom stereocenters. The summed E-state index contributed by atoms with van der Waals surface area (Å²) in [5, 5.41) is 3.47. The average Bonchev–Trinajstić information content (AvgIpc) is 2.39. The van der Waals surface area contributed by atoms with Gasteiger partial charge in [0.2, 0.25) is 10.0 Å². The third-order valence-electron chi connectivity index (χ3n) is 3.84. The molecule has 1 aromatic rings. The molecule has 0 radical (unpaired) electrons. The maximum atomic E-state index is 11.2. The number of sulfonamides is 1. The molecule has 0 spiro atoms. The number of benzene rings is 1. The van der Waals surface area contributed by atoms with Crippen LogP contribution >= 0.6 is 0 Å². The lowest BCUT2D eigenvalue weighted by molar-refractivity contribution is 0.373. The van der Waals surface area contributed by atoms with Gasteiger partial charge in [0.1, 0.15) is 0 Å². The molecule has 0 saturated heterocycles. The van der Waals surface area contributed by atoms with Gasteiger partial charge in [0.25, 0.3) is 0 Å². The van der Waals surface area contributed by atoms with Gasteiger partial charge < -0.3 is 5.32 Å². The minimum atomic E-state index is -3.21. The van der Waals surface area contributed by atoms with Crippen molar-refractivity contribution in [1.29, 1.82) is 0 Å². The Morgan fingerprint density at radius 1 is 1.20 bits per heavy atom. The van der Waals surface area contributed by atoms with Gasteiger partial charge in [0, 0.05) is 12.2 Å². The highest BCUT2D eigenvalue weighted by molar-refractivity contribution is 7.92. The Kier molecular flexibility index (Phi) is 4.91. The molecular weight excluding hydrogens is 272 g/mol. The maximum absolute atomic E-state index is 11.2. The zero-order chi connectivity index (χ0) is 14.6. The minimum Gasteiger partial charge on any atom is -0.385 e. The van der Waals surface area contributed by atoms with Gasteiger partial charge in [-0.05, 0) is 49.4 Å². The van der Waals surface area contributed by atoms with E-state index in [4.69, 9.17) is 0 Å². The van der Waals surface area contributed by atoms with Gasteiger partial charge in [-0.1, -0.05) is 19.3 Å². The molecule has 0 unspecified atom stereocenters. The van der Waals surface area contributed by atoms with Crippen LogP contribution in [0.25, 0.3) is 0 Å². The van der Waals surface area contributed by atoms with E-state index in [1.807, 2.05) is 25.1 Å². The first kappa shape index (κ1) is 15.2. The Morgan fingerprint density at radius 3 is 2.50 bits per heavy atom. The summed E-state index contributed by atoms with van der Waals surface area (Å²) >= 11 is 0. The quantitative estimate of drug-likeness (QED) is 0.876. The molecular formula is C15H24N2O2S. The fourth-order valence-electron chi connectivity index (χ4n) is 2.74. The molecule has 0 bridgehead atoms. The van der Waals surface area contributed by atoms with Crippen LogP contribution in [0.2, 0.25) is 0 Å². The molecule has 0 heterocycles. The molecule has 1 aromatic carbocycles. The van der Waals surface area contributed by atoms with Gasteiger partial charge in [-0.2, -0.15) is 0 Å². The van der Waals surface area contributed by atoms with Gasteiger partial charge in [-0.3, -0.25) is 4.72 Å². The predicted molar refractivity (Wildman–Crippen MR) is 84.7 cm³/mol. The molecule has 4 nitrogen and oxygen atoms in total. The second-order valence-electron chi connectivity index (χ2n) is 5.79. The van der Waals surface area contributed by atoms with Gasteiger partial charge >= 0.3 is 0 Å². The van der Waals surface area contributed by atoms with E-state index in [1.54, 1.807) is 0 Å². The van der Waals surface area contributed by atoms with E-state index < -0.39 is 10.0 Å². The second-order valence-corrected chi connectivity index (χ2v) is 7.54. The average molecular weight is 296 g/mol. The van der Waals surface area contributed by atoms with Crippen LogP contribution in [0, 0.1) is 12.8 Å². The first-order valence-electron chi connectivity index (χ1n) is 7.26. The van der Waals surface area contributed by atoms with Crippen molar-refractivity contribution in [3.05, 3.63) is 23.8 Å². The summed E-state index contributed by atoms with van der Waals surface area (Å²) in [6.45, 7) is 2.93. The highest BCUT2D eigenvalue weighted by Gasteiger charge is 2.13. The molecule has 0 aliphatic heterocycles. The highest BCUT2D eigenvalue weighted by Crippen LogP contribution is 2.25. The summed E-state index contributed by atoms with van der Waals surface area (Å²) in [5.74, 6) is 0.776. The number of anilines is 2. The molecule has 2 rings (SSSR count). The van der Waals surface area contributed by atoms with E-state index in [0.29, 0.717) is 5.69 Å². The molecule has 1 fully saturated rings. The number of nitrogens with one attached hydrogen (secondary N) is 2. The molecule has 1 saturated carbocycles. The van der Waals surface area contributed by atoms with Crippen molar-refractivity contribution < 1.29 is 8.42 Å². The summed E-state index contributed by atoms with van der Waals surface area (Å²) < 4.78 is 25.0. The normalized spacial score (nSPS) is 16.9. The topological polar surface area (TPSA) is 58.2 Å². The Hall–Kier alpha value is -1.23. The Morgan fingerprint density at radius 2 is 1.90 bits per heavy atom. The van der Waals surface area contributed by atoms with Crippen molar-refractivity contribution in [3.63, 3.8) is 0 Å². The first-order valence-corrected chi connectivity index (χ1v) is 9.15. The van der Waals surface area contributed by atoms with Crippen molar-refractivity contribution in [2.24, 2.45) is 5.92 Å². The lowest BCUT2D eigenvalue weighted by Crippen LogP contribution is -2.17. The van der Waals surface area contributed by atoms with Crippen LogP contribution < -0.4 is 10.0 Å². The van der Waals surface area contributed by atoms with Crippen molar-refractivity contribution >= 4 is 21.4 Å². The van der Waals surface area contributed by atoms with E-state index >= 15 is 0 Å². The smallest absolute Gasteiger partial charge is 0.229 e. The van der Waals surface area contributed by atoms with Gasteiger partial charge in [0.05, 0.1) is 11.9 Å². The van der Waals surface area contributed by atoms with E-state index in [-0.39, 0.29) is 0 Å². The van der Waals surface area contributed by atoms with E-state index in [2.05, 4.69) is 10.0 Å². The van der Waals surface area contributed by atoms with Crippen molar-refractivity contribution in [1.82, 2.24) is 0 Å². The SMILES string of the molecule is Cc1cc(NCC2CCCCC2)ccc1NS(C)(=O)=O. The highest BCUT2D eigenvalue weighted by atomic mass is 32.2. The van der Waals surface area contributed by atoms with Crippen LogP contribution in [0.5, 0.6) is 0 Å². The standard InChI is InChI=1S/C15H24N2O2S/c1-12-10-14(8-9-15(12)17-20(2,18)19)16-11-13-6-4-3-5-7-13/h8-10,13,16-17H,3-7,11H2,1-2H3. The minimum absolute atomic E-state index is 0.649. The first-order chi connectivity index (χ1) is 9.44. The summed E-state index contributed by atoms with van der Waals surface area (Å²) in [7, 11) is -3.21. The van der Waals surface area contributed by atoms with Crippen LogP contribution in [0.3, 0.4) is 0 Å². The van der Waals surface area contributed by atoms with Crippen LogP contribution in [0.4, 0.5) is 11.4 Å². The zero-order valence-electron chi connectivity index (χ0n) is 12.3. The summed E-state index contributed by atoms with van der Waals surface area (Å²) in [6.07, 6.45) is 7.88. The largest absolute Gasteiger partial charge is 0.385 e. The lowest BCUT2D eigenvalue weighted by Gasteiger charge is -2.22. The number of hydrogen-bond donors (Lipinski definition) is 2. The Bertz CT molecular complexity index is 549. The van der Waals surface area contributed by atoms with Crippen molar-refractivity contribution in [3.8, 4) is 0 Å². The third kappa shape index (κ3) is 4.71. The lowest BCUT2D eigenvalue weighted by atomic mass is 9.89. The maximum Gasteiger partial charge on any atom is 0.229 e. The molecule has 1 aliphatic carbocycles. The Labute approximate surface area is 122 Å². The van der Waals surface area contributed by atoms with Crippen LogP contribution in [0.1, 0.15) is 37.7 Å². The molecule has 112 valence electrons. The molecule has 0 amide bonds. The zero-order valence-corrected chi connectivity index (χ0v) is 13.1. The summed E-state index contributed by atoms with van der Waals surface area (Å²) in [4.78, 5) is 0. The van der Waals surface area contributed by atoms with E-state index in [9.17, 15) is 8.42 Å². The number of aryl methyl sites for hydroxylation is 1. The van der Waals surface area contributed by atoms with E-state index in [1.165, 1.54) is 38.4 Å². The fourth-order valence-corrected chi connectivity index (χ4v) is 3.37. The molecule has 5 heteroatoms. The number of hydrogen-bond acceptors (Lipinski definition) is 3. The Balaban J connectivity index is 1.94. The predicted octanol–water partition coefficient (Wildman–Crippen LogP) is 3.36. The molecule has 0 aromatic heterocycles. The summed E-state index contributed by atoms with van der Waals surface area (Å²) in [6, 6.07) is 5.75. The number of rotatable bonds is 5. The van der Waals surface area contributed by atoms with Crippen molar-refractivity contribution in [2.45, 2.75) is 39.0 Å². The van der Waals surface area contributed by atoms with E-state index in [0.717, 1.165) is 23.7 Å². The molecule has 2 N–H and O–H groups in total. The fraction of sp³-hybridized carbons (Fsp3) is 0.600. The van der Waals surface area contributed by atoms with Gasteiger partial charge in [0.15, 0.2) is 0 Å². The van der Waals surface area contributed by atoms with Gasteiger partial charge in [-0.15, -0.1) is 0 Å². The van der Waals surface area contributed by atoms with Crippen LogP contribution in [0.15, 0.2) is 18.2 Å². The van der Waals surface area contributed by atoms with Crippen molar-refractivity contribution in [2.75, 3.05) is 22.8 Å². The van der Waals surface area contributed by atoms with Gasteiger partial charge in [-0.25, -0.2) is 8.42 Å². The van der Waals surface area contributed by atoms with Crippen LogP contribution in [-0.2, 0) is 10.0 Å². The van der Waals surface area contributed by atoms with Crippen LogP contribution in [-0.4, -0.2) is 21.2 Å². The summed E-state index contributed by atoms with van der Waals surface area (Å²) in [5.41, 5.74) is 2.65. The molecule has 1 aliphatic rings. The third-order valence-corrected chi connectivity index (χ3v) is 4.43. The second kappa shape index (κ2) is 6.48. The molecule has 20 heavy (non-hydrogen) atoms.